The third kappa shape index (κ3) is 4.96. The van der Waals surface area contributed by atoms with Crippen molar-refractivity contribution in [1.29, 1.82) is 0 Å². The zero-order valence-electron chi connectivity index (χ0n) is 8.99. The molecule has 0 aliphatic carbocycles. The van der Waals surface area contributed by atoms with Gasteiger partial charge in [-0.1, -0.05) is 0 Å². The van der Waals surface area contributed by atoms with Crippen molar-refractivity contribution in [1.82, 2.24) is 5.32 Å². The third-order valence-electron chi connectivity index (χ3n) is 2.21. The number of carbonyl (C=O) groups excluding carboxylic acids is 1. The van der Waals surface area contributed by atoms with E-state index in [1.54, 1.807) is 0 Å². The van der Waals surface area contributed by atoms with E-state index in [-0.39, 0.29) is 12.5 Å². The number of halogens is 1. The number of aliphatic hydroxyl groups excluding tert-OH is 1. The third-order valence-corrected chi connectivity index (χ3v) is 3.18. The molecule has 1 amide bonds. The number of amides is 1. The van der Waals surface area contributed by atoms with Gasteiger partial charge in [-0.25, -0.2) is 0 Å². The van der Waals surface area contributed by atoms with Crippen molar-refractivity contribution >= 4 is 28.8 Å². The summed E-state index contributed by atoms with van der Waals surface area (Å²) in [7, 11) is 0. The van der Waals surface area contributed by atoms with E-state index >= 15 is 0 Å². The first-order valence-corrected chi connectivity index (χ1v) is 6.74. The fourth-order valence-corrected chi connectivity index (χ4v) is 2.16. The lowest BCUT2D eigenvalue weighted by Crippen LogP contribution is -2.27. The predicted molar refractivity (Wildman–Crippen MR) is 66.9 cm³/mol. The summed E-state index contributed by atoms with van der Waals surface area (Å²) in [6, 6.07) is 1.86. The first-order chi connectivity index (χ1) is 7.74. The summed E-state index contributed by atoms with van der Waals surface area (Å²) in [6.45, 7) is 0.274. The number of hydrogen-bond donors (Lipinski definition) is 2. The summed E-state index contributed by atoms with van der Waals surface area (Å²) in [6.07, 6.45) is 1.51. The van der Waals surface area contributed by atoms with Gasteiger partial charge in [0.1, 0.15) is 0 Å². The Morgan fingerprint density at radius 3 is 3.00 bits per heavy atom. The summed E-state index contributed by atoms with van der Waals surface area (Å²) >= 11 is 7.04. The zero-order chi connectivity index (χ0) is 11.8. The van der Waals surface area contributed by atoms with Crippen molar-refractivity contribution in [3.8, 4) is 0 Å². The highest BCUT2D eigenvalue weighted by Crippen LogP contribution is 2.15. The molecular weight excluding hydrogens is 246 g/mol. The average Bonchev–Trinajstić information content (AvgIpc) is 2.79. The van der Waals surface area contributed by atoms with Gasteiger partial charge in [-0.15, -0.1) is 11.6 Å². The Morgan fingerprint density at radius 1 is 1.56 bits per heavy atom. The van der Waals surface area contributed by atoms with Gasteiger partial charge in [-0.3, -0.25) is 4.79 Å². The van der Waals surface area contributed by atoms with E-state index in [2.05, 4.69) is 5.32 Å². The van der Waals surface area contributed by atoms with Crippen molar-refractivity contribution in [3.05, 3.63) is 22.4 Å². The van der Waals surface area contributed by atoms with Crippen molar-refractivity contribution < 1.29 is 9.90 Å². The van der Waals surface area contributed by atoms with Gasteiger partial charge in [-0.05, 0) is 35.2 Å². The van der Waals surface area contributed by atoms with Crippen LogP contribution in [-0.2, 0) is 4.79 Å². The Kier molecular flexibility index (Phi) is 6.45. The van der Waals surface area contributed by atoms with Crippen molar-refractivity contribution in [2.45, 2.75) is 25.4 Å². The molecule has 16 heavy (non-hydrogen) atoms. The maximum atomic E-state index is 11.3. The van der Waals surface area contributed by atoms with E-state index < -0.39 is 6.10 Å². The molecule has 1 aromatic rings. The molecule has 0 aliphatic rings. The average molecular weight is 262 g/mol. The normalized spacial score (nSPS) is 12.4. The van der Waals surface area contributed by atoms with Gasteiger partial charge in [0.2, 0.25) is 5.91 Å². The largest absolute Gasteiger partial charge is 0.387 e. The minimum absolute atomic E-state index is 0.0283. The van der Waals surface area contributed by atoms with Gasteiger partial charge in [0.05, 0.1) is 6.10 Å². The van der Waals surface area contributed by atoms with Crippen LogP contribution in [0.5, 0.6) is 0 Å². The number of rotatable bonds is 7. The van der Waals surface area contributed by atoms with Crippen LogP contribution in [0.1, 0.15) is 30.9 Å². The van der Waals surface area contributed by atoms with Gasteiger partial charge < -0.3 is 10.4 Å². The molecule has 5 heteroatoms. The SMILES string of the molecule is O=C(CCCCCl)NCC(O)c1ccsc1. The summed E-state index contributed by atoms with van der Waals surface area (Å²) in [4.78, 5) is 11.3. The molecule has 0 aliphatic heterocycles. The van der Waals surface area contributed by atoms with Crippen LogP contribution in [0.4, 0.5) is 0 Å². The smallest absolute Gasteiger partial charge is 0.220 e. The summed E-state index contributed by atoms with van der Waals surface area (Å²) in [5.41, 5.74) is 0.853. The van der Waals surface area contributed by atoms with E-state index in [1.165, 1.54) is 11.3 Å². The molecule has 0 saturated carbocycles. The monoisotopic (exact) mass is 261 g/mol. The summed E-state index contributed by atoms with van der Waals surface area (Å²) < 4.78 is 0. The maximum absolute atomic E-state index is 11.3. The Bertz CT molecular complexity index is 303. The van der Waals surface area contributed by atoms with E-state index in [0.29, 0.717) is 12.3 Å². The number of alkyl halides is 1. The number of unbranched alkanes of at least 4 members (excludes halogenated alkanes) is 1. The quantitative estimate of drug-likeness (QED) is 0.585. The Balaban J connectivity index is 2.16. The van der Waals surface area contributed by atoms with Gasteiger partial charge in [-0.2, -0.15) is 11.3 Å². The van der Waals surface area contributed by atoms with Gasteiger partial charge in [0.15, 0.2) is 0 Å². The van der Waals surface area contributed by atoms with Gasteiger partial charge in [0.25, 0.3) is 0 Å². The first kappa shape index (κ1) is 13.5. The second-order valence-electron chi connectivity index (χ2n) is 3.52. The fourth-order valence-electron chi connectivity index (χ4n) is 1.26. The molecule has 2 N–H and O–H groups in total. The van der Waals surface area contributed by atoms with Crippen molar-refractivity contribution in [2.24, 2.45) is 0 Å². The van der Waals surface area contributed by atoms with Crippen LogP contribution >= 0.6 is 22.9 Å². The van der Waals surface area contributed by atoms with Crippen LogP contribution < -0.4 is 5.32 Å². The first-order valence-electron chi connectivity index (χ1n) is 5.27. The molecule has 1 atom stereocenters. The highest BCUT2D eigenvalue weighted by Gasteiger charge is 2.09. The molecular formula is C11H16ClNO2S. The molecule has 0 radical (unpaired) electrons. The molecule has 0 fully saturated rings. The van der Waals surface area contributed by atoms with E-state index in [1.807, 2.05) is 16.8 Å². The molecule has 1 rings (SSSR count). The topological polar surface area (TPSA) is 49.3 Å². The Labute approximate surface area is 104 Å². The minimum atomic E-state index is -0.608. The van der Waals surface area contributed by atoms with Crippen molar-refractivity contribution in [3.63, 3.8) is 0 Å². The van der Waals surface area contributed by atoms with Crippen LogP contribution in [0.3, 0.4) is 0 Å². The molecule has 1 heterocycles. The fraction of sp³-hybridized carbons (Fsp3) is 0.545. The molecule has 3 nitrogen and oxygen atoms in total. The van der Waals surface area contributed by atoms with Gasteiger partial charge in [0, 0.05) is 18.8 Å². The number of thiophene rings is 1. The van der Waals surface area contributed by atoms with Crippen molar-refractivity contribution in [2.75, 3.05) is 12.4 Å². The summed E-state index contributed by atoms with van der Waals surface area (Å²) in [5, 5.41) is 16.2. The molecule has 0 bridgehead atoms. The molecule has 1 aromatic heterocycles. The van der Waals surface area contributed by atoms with Crippen LogP contribution in [-0.4, -0.2) is 23.4 Å². The standard InChI is InChI=1S/C11H16ClNO2S/c12-5-2-1-3-11(15)13-7-10(14)9-4-6-16-8-9/h4,6,8,10,14H,1-3,5,7H2,(H,13,15). The molecule has 0 spiro atoms. The second-order valence-corrected chi connectivity index (χ2v) is 4.68. The van der Waals surface area contributed by atoms with E-state index in [4.69, 9.17) is 11.6 Å². The lowest BCUT2D eigenvalue weighted by molar-refractivity contribution is -0.121. The molecule has 90 valence electrons. The Morgan fingerprint density at radius 2 is 2.38 bits per heavy atom. The zero-order valence-corrected chi connectivity index (χ0v) is 10.6. The molecule has 1 unspecified atom stereocenters. The highest BCUT2D eigenvalue weighted by atomic mass is 35.5. The molecule has 0 aromatic carbocycles. The lowest BCUT2D eigenvalue weighted by atomic mass is 10.2. The Hall–Kier alpha value is -0.580. The number of carbonyl (C=O) groups is 1. The van der Waals surface area contributed by atoms with Crippen LogP contribution in [0.2, 0.25) is 0 Å². The predicted octanol–water partition coefficient (Wildman–Crippen LogP) is 2.31. The van der Waals surface area contributed by atoms with Crippen LogP contribution in [0.25, 0.3) is 0 Å². The van der Waals surface area contributed by atoms with Crippen LogP contribution in [0, 0.1) is 0 Å². The second kappa shape index (κ2) is 7.65. The minimum Gasteiger partial charge on any atom is -0.387 e. The maximum Gasteiger partial charge on any atom is 0.220 e. The van der Waals surface area contributed by atoms with Gasteiger partial charge >= 0.3 is 0 Å². The lowest BCUT2D eigenvalue weighted by Gasteiger charge is -2.10. The molecule has 0 saturated heterocycles. The summed E-state index contributed by atoms with van der Waals surface area (Å²) in [5.74, 6) is 0.560. The number of nitrogens with one attached hydrogen (secondary N) is 1. The van der Waals surface area contributed by atoms with E-state index in [9.17, 15) is 9.90 Å². The number of hydrogen-bond acceptors (Lipinski definition) is 3. The number of aliphatic hydroxyl groups is 1. The van der Waals surface area contributed by atoms with Crippen LogP contribution in [0.15, 0.2) is 16.8 Å². The van der Waals surface area contributed by atoms with E-state index in [0.717, 1.165) is 18.4 Å². The highest BCUT2D eigenvalue weighted by molar-refractivity contribution is 7.07.